The van der Waals surface area contributed by atoms with Crippen LogP contribution in [0.2, 0.25) is 6.04 Å². The molecular weight excluding hydrogens is 174 g/mol. The quantitative estimate of drug-likeness (QED) is 0.422. The molecule has 0 saturated heterocycles. The van der Waals surface area contributed by atoms with Gasteiger partial charge in [0.25, 0.3) is 0 Å². The third-order valence-corrected chi connectivity index (χ3v) is 2.86. The highest BCUT2D eigenvalue weighted by atomic mass is 28.1. The lowest BCUT2D eigenvalue weighted by molar-refractivity contribution is -0.252. The number of rotatable bonds is 6. The van der Waals surface area contributed by atoms with E-state index in [2.05, 4.69) is 0 Å². The smallest absolute Gasteiger partial charge is 0.206 e. The van der Waals surface area contributed by atoms with Gasteiger partial charge in [-0.1, -0.05) is 0 Å². The summed E-state index contributed by atoms with van der Waals surface area (Å²) in [6.45, 7) is 0.306. The number of ether oxygens (including phenoxy) is 3. The third kappa shape index (κ3) is 2.27. The zero-order valence-electron chi connectivity index (χ0n) is 8.29. The SMILES string of the molecule is COC(C[SiH3])C(CN)(OC)OC. The molecule has 0 rings (SSSR count). The second-order valence-corrected chi connectivity index (χ2v) is 3.37. The van der Waals surface area contributed by atoms with Gasteiger partial charge in [-0.3, -0.25) is 0 Å². The number of hydrogen-bond donors (Lipinski definition) is 1. The van der Waals surface area contributed by atoms with Gasteiger partial charge >= 0.3 is 0 Å². The molecule has 1 unspecified atom stereocenters. The minimum absolute atomic E-state index is 0.0656. The van der Waals surface area contributed by atoms with Gasteiger partial charge in [0.15, 0.2) is 0 Å². The first-order valence-electron chi connectivity index (χ1n) is 4.03. The molecule has 0 heterocycles. The third-order valence-electron chi connectivity index (χ3n) is 2.12. The molecule has 74 valence electrons. The predicted molar refractivity (Wildman–Crippen MR) is 51.3 cm³/mol. The van der Waals surface area contributed by atoms with Crippen molar-refractivity contribution in [1.82, 2.24) is 0 Å². The standard InChI is InChI=1S/C7H19NO3Si/c1-9-6(4-12)7(5-8,10-2)11-3/h6H,4-5,8H2,1-3,12H3. The fourth-order valence-electron chi connectivity index (χ4n) is 1.30. The van der Waals surface area contributed by atoms with Crippen LogP contribution in [0.25, 0.3) is 0 Å². The highest BCUT2D eigenvalue weighted by molar-refractivity contribution is 6.08. The van der Waals surface area contributed by atoms with E-state index in [1.165, 1.54) is 0 Å². The topological polar surface area (TPSA) is 53.7 Å². The molecular formula is C7H19NO3Si. The van der Waals surface area contributed by atoms with Gasteiger partial charge in [0.1, 0.15) is 6.10 Å². The van der Waals surface area contributed by atoms with Crippen LogP contribution in [-0.2, 0) is 14.2 Å². The van der Waals surface area contributed by atoms with E-state index >= 15 is 0 Å². The second-order valence-electron chi connectivity index (χ2n) is 2.56. The summed E-state index contributed by atoms with van der Waals surface area (Å²) in [6, 6.07) is 0.940. The van der Waals surface area contributed by atoms with Crippen molar-refractivity contribution < 1.29 is 14.2 Å². The molecule has 0 bridgehead atoms. The molecule has 0 aliphatic heterocycles. The van der Waals surface area contributed by atoms with Crippen LogP contribution in [-0.4, -0.2) is 50.0 Å². The molecule has 0 fully saturated rings. The van der Waals surface area contributed by atoms with Gasteiger partial charge < -0.3 is 19.9 Å². The zero-order valence-corrected chi connectivity index (χ0v) is 10.3. The fraction of sp³-hybridized carbons (Fsp3) is 1.00. The Morgan fingerprint density at radius 3 is 1.92 bits per heavy atom. The number of methoxy groups -OCH3 is 3. The molecule has 5 heteroatoms. The predicted octanol–water partition coefficient (Wildman–Crippen LogP) is -1.27. The summed E-state index contributed by atoms with van der Waals surface area (Å²) in [7, 11) is 5.85. The number of hydrogen-bond acceptors (Lipinski definition) is 4. The van der Waals surface area contributed by atoms with E-state index in [1.807, 2.05) is 0 Å². The summed E-state index contributed by atoms with van der Waals surface area (Å²) in [4.78, 5) is 0. The molecule has 4 nitrogen and oxygen atoms in total. The first-order valence-corrected chi connectivity index (χ1v) is 5.45. The maximum atomic E-state index is 5.57. The second kappa shape index (κ2) is 5.66. The van der Waals surface area contributed by atoms with Gasteiger partial charge in [-0.05, 0) is 6.04 Å². The van der Waals surface area contributed by atoms with Crippen molar-refractivity contribution in [2.45, 2.75) is 17.9 Å². The lowest BCUT2D eigenvalue weighted by Gasteiger charge is -2.35. The van der Waals surface area contributed by atoms with Crippen LogP contribution in [0.4, 0.5) is 0 Å². The van der Waals surface area contributed by atoms with Gasteiger partial charge in [0.2, 0.25) is 5.79 Å². The molecule has 0 aromatic rings. The largest absolute Gasteiger partial charge is 0.376 e. The Morgan fingerprint density at radius 1 is 1.33 bits per heavy atom. The maximum absolute atomic E-state index is 5.57. The summed E-state index contributed by atoms with van der Waals surface area (Å²) < 4.78 is 15.7. The normalized spacial score (nSPS) is 15.0. The summed E-state index contributed by atoms with van der Waals surface area (Å²) in [5.41, 5.74) is 5.57. The summed E-state index contributed by atoms with van der Waals surface area (Å²) in [5, 5.41) is 0. The van der Waals surface area contributed by atoms with Crippen LogP contribution in [0.1, 0.15) is 0 Å². The molecule has 12 heavy (non-hydrogen) atoms. The van der Waals surface area contributed by atoms with Crippen LogP contribution >= 0.6 is 0 Å². The molecule has 2 N–H and O–H groups in total. The summed E-state index contributed by atoms with van der Waals surface area (Å²) in [6.07, 6.45) is -0.0656. The van der Waals surface area contributed by atoms with E-state index in [-0.39, 0.29) is 6.10 Å². The average Bonchev–Trinajstić information content (AvgIpc) is 2.14. The molecule has 0 spiro atoms. The van der Waals surface area contributed by atoms with Crippen LogP contribution < -0.4 is 5.73 Å². The van der Waals surface area contributed by atoms with Gasteiger partial charge in [-0.2, -0.15) is 0 Å². The van der Waals surface area contributed by atoms with Crippen molar-refractivity contribution in [3.05, 3.63) is 0 Å². The maximum Gasteiger partial charge on any atom is 0.206 e. The van der Waals surface area contributed by atoms with Crippen LogP contribution in [0.5, 0.6) is 0 Å². The highest BCUT2D eigenvalue weighted by Crippen LogP contribution is 2.19. The molecule has 0 aromatic carbocycles. The Morgan fingerprint density at radius 2 is 1.83 bits per heavy atom. The van der Waals surface area contributed by atoms with Crippen LogP contribution in [0, 0.1) is 0 Å². The number of nitrogens with two attached hydrogens (primary N) is 1. The summed E-state index contributed by atoms with van der Waals surface area (Å²) >= 11 is 0. The van der Waals surface area contributed by atoms with Gasteiger partial charge in [0.05, 0.1) is 0 Å². The summed E-state index contributed by atoms with van der Waals surface area (Å²) in [5.74, 6) is -0.767. The van der Waals surface area contributed by atoms with Crippen molar-refractivity contribution in [3.8, 4) is 0 Å². The van der Waals surface area contributed by atoms with Gasteiger partial charge in [-0.15, -0.1) is 0 Å². The molecule has 0 aliphatic rings. The van der Waals surface area contributed by atoms with Crippen molar-refractivity contribution in [3.63, 3.8) is 0 Å². The monoisotopic (exact) mass is 193 g/mol. The highest BCUT2D eigenvalue weighted by Gasteiger charge is 2.37. The van der Waals surface area contributed by atoms with Crippen molar-refractivity contribution in [2.24, 2.45) is 5.73 Å². The first kappa shape index (κ1) is 12.1. The fourth-order valence-corrected chi connectivity index (χ4v) is 2.26. The Labute approximate surface area is 76.8 Å². The van der Waals surface area contributed by atoms with Crippen LogP contribution in [0.15, 0.2) is 0 Å². The van der Waals surface area contributed by atoms with Crippen LogP contribution in [0.3, 0.4) is 0 Å². The minimum atomic E-state index is -0.767. The van der Waals surface area contributed by atoms with Crippen molar-refractivity contribution in [2.75, 3.05) is 27.9 Å². The lowest BCUT2D eigenvalue weighted by Crippen LogP contribution is -2.52. The molecule has 0 radical (unpaired) electrons. The van der Waals surface area contributed by atoms with Gasteiger partial charge in [-0.25, -0.2) is 0 Å². The molecule has 0 amide bonds. The van der Waals surface area contributed by atoms with E-state index in [4.69, 9.17) is 19.9 Å². The minimum Gasteiger partial charge on any atom is -0.376 e. The Hall–Kier alpha value is 0.0569. The van der Waals surface area contributed by atoms with E-state index in [9.17, 15) is 0 Å². The molecule has 0 aliphatic carbocycles. The molecule has 1 atom stereocenters. The van der Waals surface area contributed by atoms with E-state index in [0.29, 0.717) is 6.54 Å². The van der Waals surface area contributed by atoms with Crippen molar-refractivity contribution >= 4 is 10.2 Å². The lowest BCUT2D eigenvalue weighted by atomic mass is 10.1. The zero-order chi connectivity index (χ0) is 9.61. The van der Waals surface area contributed by atoms with Crippen molar-refractivity contribution in [1.29, 1.82) is 0 Å². The Kier molecular flexibility index (Phi) is 5.69. The van der Waals surface area contributed by atoms with E-state index in [1.54, 1.807) is 21.3 Å². The average molecular weight is 193 g/mol. The molecule has 0 saturated carbocycles. The Bertz CT molecular complexity index is 107. The van der Waals surface area contributed by atoms with E-state index in [0.717, 1.165) is 16.3 Å². The van der Waals surface area contributed by atoms with Gasteiger partial charge in [0, 0.05) is 38.1 Å². The Balaban J connectivity index is 4.42. The first-order chi connectivity index (χ1) is 5.70. The van der Waals surface area contributed by atoms with E-state index < -0.39 is 5.79 Å². The molecule has 0 aromatic heterocycles.